The molecule has 80 valence electrons. The van der Waals surface area contributed by atoms with Crippen LogP contribution in [0, 0.1) is 0 Å². The van der Waals surface area contributed by atoms with Crippen molar-refractivity contribution in [1.82, 2.24) is 14.9 Å². The molecule has 1 aromatic rings. The Kier molecular flexibility index (Phi) is 4.44. The topological polar surface area (TPSA) is 58.0 Å². The smallest absolute Gasteiger partial charge is 0.0893 e. The minimum absolute atomic E-state index is 0.596. The van der Waals surface area contributed by atoms with Crippen LogP contribution in [0.2, 0.25) is 0 Å². The Balaban J connectivity index is 2.20. The summed E-state index contributed by atoms with van der Waals surface area (Å²) in [4.78, 5) is 0. The molecule has 0 saturated heterocycles. The first-order valence-electron chi connectivity index (χ1n) is 4.83. The average molecular weight is 215 g/mol. The number of aromatic nitrogens is 2. The zero-order valence-electron chi connectivity index (χ0n) is 8.66. The summed E-state index contributed by atoms with van der Waals surface area (Å²) >= 11 is 1.34. The van der Waals surface area contributed by atoms with Gasteiger partial charge in [-0.1, -0.05) is 17.8 Å². The van der Waals surface area contributed by atoms with E-state index < -0.39 is 5.60 Å². The van der Waals surface area contributed by atoms with Gasteiger partial charge in [0.2, 0.25) is 0 Å². The van der Waals surface area contributed by atoms with E-state index in [4.69, 9.17) is 0 Å². The summed E-state index contributed by atoms with van der Waals surface area (Å²) in [5, 5.41) is 18.8. The van der Waals surface area contributed by atoms with E-state index in [1.54, 1.807) is 0 Å². The molecule has 1 aromatic heterocycles. The zero-order valence-corrected chi connectivity index (χ0v) is 9.47. The van der Waals surface area contributed by atoms with E-state index in [0.29, 0.717) is 13.1 Å². The van der Waals surface area contributed by atoms with Gasteiger partial charge in [0.1, 0.15) is 0 Å². The SMILES string of the molecule is CCCC(C)(O)CNCc1csnn1. The molecule has 0 spiro atoms. The van der Waals surface area contributed by atoms with Crippen molar-refractivity contribution >= 4 is 11.5 Å². The highest BCUT2D eigenvalue weighted by atomic mass is 32.1. The minimum atomic E-state index is -0.613. The zero-order chi connectivity index (χ0) is 10.4. The van der Waals surface area contributed by atoms with Gasteiger partial charge in [-0.3, -0.25) is 0 Å². The van der Waals surface area contributed by atoms with Crippen LogP contribution in [-0.2, 0) is 6.54 Å². The van der Waals surface area contributed by atoms with Crippen LogP contribution >= 0.6 is 11.5 Å². The van der Waals surface area contributed by atoms with E-state index in [9.17, 15) is 5.11 Å². The predicted octanol–water partition coefficient (Wildman–Crippen LogP) is 1.18. The Morgan fingerprint density at radius 1 is 1.64 bits per heavy atom. The number of nitrogens with one attached hydrogen (secondary N) is 1. The van der Waals surface area contributed by atoms with E-state index in [2.05, 4.69) is 21.8 Å². The van der Waals surface area contributed by atoms with E-state index >= 15 is 0 Å². The molecule has 4 nitrogen and oxygen atoms in total. The van der Waals surface area contributed by atoms with Gasteiger partial charge in [-0.2, -0.15) is 0 Å². The first-order valence-corrected chi connectivity index (χ1v) is 5.67. The third-order valence-corrected chi connectivity index (χ3v) is 2.56. The molecule has 1 atom stereocenters. The Labute approximate surface area is 88.5 Å². The predicted molar refractivity (Wildman–Crippen MR) is 57.1 cm³/mol. The highest BCUT2D eigenvalue weighted by Crippen LogP contribution is 2.10. The van der Waals surface area contributed by atoms with E-state index in [-0.39, 0.29) is 0 Å². The van der Waals surface area contributed by atoms with Crippen LogP contribution in [0.15, 0.2) is 5.38 Å². The normalized spacial score (nSPS) is 15.4. The van der Waals surface area contributed by atoms with Crippen molar-refractivity contribution in [3.05, 3.63) is 11.1 Å². The molecule has 0 radical (unpaired) electrons. The lowest BCUT2D eigenvalue weighted by atomic mass is 10.0. The van der Waals surface area contributed by atoms with Gasteiger partial charge < -0.3 is 10.4 Å². The van der Waals surface area contributed by atoms with E-state index in [1.807, 2.05) is 12.3 Å². The van der Waals surface area contributed by atoms with Crippen molar-refractivity contribution < 1.29 is 5.11 Å². The lowest BCUT2D eigenvalue weighted by Crippen LogP contribution is -2.37. The molecule has 1 heterocycles. The fraction of sp³-hybridized carbons (Fsp3) is 0.778. The molecule has 0 amide bonds. The van der Waals surface area contributed by atoms with Crippen LogP contribution in [0.4, 0.5) is 0 Å². The van der Waals surface area contributed by atoms with Crippen molar-refractivity contribution in [3.63, 3.8) is 0 Å². The molecule has 0 aliphatic rings. The maximum atomic E-state index is 9.85. The summed E-state index contributed by atoms with van der Waals surface area (Å²) in [5.74, 6) is 0. The fourth-order valence-corrected chi connectivity index (χ4v) is 1.80. The van der Waals surface area contributed by atoms with Gasteiger partial charge in [-0.15, -0.1) is 5.10 Å². The van der Waals surface area contributed by atoms with Gasteiger partial charge in [0.05, 0.1) is 11.3 Å². The summed E-state index contributed by atoms with van der Waals surface area (Å²) in [7, 11) is 0. The molecule has 14 heavy (non-hydrogen) atoms. The van der Waals surface area contributed by atoms with Crippen molar-refractivity contribution in [2.45, 2.75) is 38.8 Å². The van der Waals surface area contributed by atoms with Gasteiger partial charge in [0, 0.05) is 18.5 Å². The van der Waals surface area contributed by atoms with Crippen LogP contribution < -0.4 is 5.32 Å². The molecular weight excluding hydrogens is 198 g/mol. The van der Waals surface area contributed by atoms with Crippen LogP contribution in [0.5, 0.6) is 0 Å². The highest BCUT2D eigenvalue weighted by Gasteiger charge is 2.17. The minimum Gasteiger partial charge on any atom is -0.389 e. The average Bonchev–Trinajstić information content (AvgIpc) is 2.56. The molecule has 0 aliphatic heterocycles. The van der Waals surface area contributed by atoms with Crippen LogP contribution in [0.25, 0.3) is 0 Å². The number of hydrogen-bond donors (Lipinski definition) is 2. The number of aliphatic hydroxyl groups is 1. The number of rotatable bonds is 6. The largest absolute Gasteiger partial charge is 0.389 e. The summed E-state index contributed by atoms with van der Waals surface area (Å²) in [5.41, 5.74) is 0.320. The van der Waals surface area contributed by atoms with Crippen molar-refractivity contribution in [1.29, 1.82) is 0 Å². The molecule has 1 rings (SSSR count). The second-order valence-corrected chi connectivity index (χ2v) is 4.36. The lowest BCUT2D eigenvalue weighted by molar-refractivity contribution is 0.0497. The van der Waals surface area contributed by atoms with Crippen molar-refractivity contribution in [3.8, 4) is 0 Å². The molecule has 0 saturated carbocycles. The highest BCUT2D eigenvalue weighted by molar-refractivity contribution is 7.03. The van der Waals surface area contributed by atoms with Crippen LogP contribution in [0.1, 0.15) is 32.4 Å². The first-order chi connectivity index (χ1) is 6.64. The maximum Gasteiger partial charge on any atom is 0.0893 e. The monoisotopic (exact) mass is 215 g/mol. The third-order valence-electron chi connectivity index (χ3n) is 2.01. The Hall–Kier alpha value is -0.520. The maximum absolute atomic E-state index is 9.85. The second-order valence-electron chi connectivity index (χ2n) is 3.75. The van der Waals surface area contributed by atoms with Gasteiger partial charge in [-0.05, 0) is 24.9 Å². The van der Waals surface area contributed by atoms with E-state index in [0.717, 1.165) is 18.5 Å². The lowest BCUT2D eigenvalue weighted by Gasteiger charge is -2.22. The first kappa shape index (κ1) is 11.6. The summed E-state index contributed by atoms with van der Waals surface area (Å²) in [6, 6.07) is 0. The Morgan fingerprint density at radius 3 is 3.00 bits per heavy atom. The molecule has 1 unspecified atom stereocenters. The van der Waals surface area contributed by atoms with E-state index in [1.165, 1.54) is 11.5 Å². The van der Waals surface area contributed by atoms with Gasteiger partial charge in [0.15, 0.2) is 0 Å². The molecule has 0 aromatic carbocycles. The Bertz CT molecular complexity index is 249. The summed E-state index contributed by atoms with van der Waals surface area (Å²) in [6.45, 7) is 5.19. The third kappa shape index (κ3) is 4.13. The molecule has 5 heteroatoms. The number of nitrogens with zero attached hydrogens (tertiary/aromatic N) is 2. The van der Waals surface area contributed by atoms with Crippen LogP contribution in [-0.4, -0.2) is 26.8 Å². The molecular formula is C9H17N3OS. The van der Waals surface area contributed by atoms with Crippen molar-refractivity contribution in [2.24, 2.45) is 0 Å². The molecule has 0 fully saturated rings. The summed E-state index contributed by atoms with van der Waals surface area (Å²) < 4.78 is 3.76. The number of hydrogen-bond acceptors (Lipinski definition) is 5. The molecule has 0 aliphatic carbocycles. The van der Waals surface area contributed by atoms with Crippen molar-refractivity contribution in [2.75, 3.05) is 6.54 Å². The Morgan fingerprint density at radius 2 is 2.43 bits per heavy atom. The van der Waals surface area contributed by atoms with Gasteiger partial charge in [0.25, 0.3) is 0 Å². The molecule has 2 N–H and O–H groups in total. The van der Waals surface area contributed by atoms with Gasteiger partial charge >= 0.3 is 0 Å². The second kappa shape index (κ2) is 5.38. The van der Waals surface area contributed by atoms with Gasteiger partial charge in [-0.25, -0.2) is 0 Å². The fourth-order valence-electron chi connectivity index (χ4n) is 1.35. The van der Waals surface area contributed by atoms with Crippen LogP contribution in [0.3, 0.4) is 0 Å². The standard InChI is InChI=1S/C9H17N3OS/c1-3-4-9(2,13)7-10-5-8-6-14-12-11-8/h6,10,13H,3-5,7H2,1-2H3. The molecule has 0 bridgehead atoms. The quantitative estimate of drug-likeness (QED) is 0.748. The summed E-state index contributed by atoms with van der Waals surface area (Å²) in [6.07, 6.45) is 1.81.